The van der Waals surface area contributed by atoms with Crippen molar-refractivity contribution in [1.82, 2.24) is 15.5 Å². The summed E-state index contributed by atoms with van der Waals surface area (Å²) in [6.07, 6.45) is 4.43. The Balaban J connectivity index is 1.53. The van der Waals surface area contributed by atoms with Crippen LogP contribution in [0.2, 0.25) is 0 Å². The Morgan fingerprint density at radius 1 is 1.39 bits per heavy atom. The van der Waals surface area contributed by atoms with Gasteiger partial charge in [-0.1, -0.05) is 25.0 Å². The van der Waals surface area contributed by atoms with E-state index in [0.29, 0.717) is 19.1 Å². The van der Waals surface area contributed by atoms with Crippen molar-refractivity contribution in [2.24, 2.45) is 0 Å². The molecule has 0 radical (unpaired) electrons. The van der Waals surface area contributed by atoms with E-state index < -0.39 is 6.04 Å². The van der Waals surface area contributed by atoms with Crippen LogP contribution in [0.4, 0.5) is 4.79 Å². The normalized spacial score (nSPS) is 21.3. The van der Waals surface area contributed by atoms with E-state index >= 15 is 0 Å². The molecule has 2 N–H and O–H groups in total. The smallest absolute Gasteiger partial charge is 0.318 e. The molecule has 1 saturated carbocycles. The Morgan fingerprint density at radius 3 is 2.91 bits per heavy atom. The number of urea groups is 1. The SMILES string of the molecule is COc1cccc(CNC(=O)C2CN(C3CCCC3)C(=O)N2)c1. The van der Waals surface area contributed by atoms with Gasteiger partial charge in [0.25, 0.3) is 0 Å². The number of hydrogen-bond acceptors (Lipinski definition) is 3. The molecule has 1 atom stereocenters. The summed E-state index contributed by atoms with van der Waals surface area (Å²) in [6.45, 7) is 0.888. The summed E-state index contributed by atoms with van der Waals surface area (Å²) in [7, 11) is 1.61. The molecule has 6 heteroatoms. The van der Waals surface area contributed by atoms with Crippen LogP contribution in [0.5, 0.6) is 5.75 Å². The molecule has 0 aromatic heterocycles. The lowest BCUT2D eigenvalue weighted by molar-refractivity contribution is -0.122. The average Bonchev–Trinajstić information content (AvgIpc) is 3.22. The Morgan fingerprint density at radius 2 is 2.17 bits per heavy atom. The molecule has 1 unspecified atom stereocenters. The average molecular weight is 317 g/mol. The number of carbonyl (C=O) groups excluding carboxylic acids is 2. The number of methoxy groups -OCH3 is 1. The highest BCUT2D eigenvalue weighted by molar-refractivity contribution is 5.90. The molecular formula is C17H23N3O3. The monoisotopic (exact) mass is 317 g/mol. The lowest BCUT2D eigenvalue weighted by Gasteiger charge is -2.22. The number of ether oxygens (including phenoxy) is 1. The molecule has 6 nitrogen and oxygen atoms in total. The first-order valence-electron chi connectivity index (χ1n) is 8.15. The van der Waals surface area contributed by atoms with Crippen molar-refractivity contribution in [2.75, 3.05) is 13.7 Å². The molecule has 1 aromatic carbocycles. The number of nitrogens with one attached hydrogen (secondary N) is 2. The topological polar surface area (TPSA) is 70.7 Å². The summed E-state index contributed by atoms with van der Waals surface area (Å²) in [6, 6.07) is 7.29. The van der Waals surface area contributed by atoms with Crippen LogP contribution in [-0.4, -0.2) is 42.6 Å². The summed E-state index contributed by atoms with van der Waals surface area (Å²) in [5.41, 5.74) is 0.967. The summed E-state index contributed by atoms with van der Waals surface area (Å²) in [4.78, 5) is 26.2. The molecule has 1 aromatic rings. The minimum atomic E-state index is -0.464. The van der Waals surface area contributed by atoms with Crippen LogP contribution in [0, 0.1) is 0 Å². The minimum Gasteiger partial charge on any atom is -0.497 e. The Bertz CT molecular complexity index is 584. The second-order valence-electron chi connectivity index (χ2n) is 6.16. The van der Waals surface area contributed by atoms with Crippen molar-refractivity contribution in [1.29, 1.82) is 0 Å². The van der Waals surface area contributed by atoms with E-state index in [1.165, 1.54) is 12.8 Å². The summed E-state index contributed by atoms with van der Waals surface area (Å²) in [5, 5.41) is 5.68. The van der Waals surface area contributed by atoms with E-state index in [9.17, 15) is 9.59 Å². The van der Waals surface area contributed by atoms with Crippen LogP contribution >= 0.6 is 0 Å². The number of amides is 3. The molecular weight excluding hydrogens is 294 g/mol. The van der Waals surface area contributed by atoms with Crippen molar-refractivity contribution in [3.63, 3.8) is 0 Å². The molecule has 3 amide bonds. The third-order valence-corrected chi connectivity index (χ3v) is 4.62. The van der Waals surface area contributed by atoms with Gasteiger partial charge in [0.05, 0.1) is 13.7 Å². The van der Waals surface area contributed by atoms with Crippen molar-refractivity contribution >= 4 is 11.9 Å². The fraction of sp³-hybridized carbons (Fsp3) is 0.529. The van der Waals surface area contributed by atoms with Gasteiger partial charge in [0, 0.05) is 12.6 Å². The third-order valence-electron chi connectivity index (χ3n) is 4.62. The van der Waals surface area contributed by atoms with Crippen molar-refractivity contribution < 1.29 is 14.3 Å². The Hall–Kier alpha value is -2.24. The quantitative estimate of drug-likeness (QED) is 0.867. The van der Waals surface area contributed by atoms with Gasteiger partial charge in [-0.2, -0.15) is 0 Å². The van der Waals surface area contributed by atoms with E-state index in [-0.39, 0.29) is 11.9 Å². The van der Waals surface area contributed by atoms with E-state index in [0.717, 1.165) is 24.2 Å². The zero-order valence-electron chi connectivity index (χ0n) is 13.4. The van der Waals surface area contributed by atoms with Gasteiger partial charge in [-0.15, -0.1) is 0 Å². The molecule has 1 heterocycles. The number of nitrogens with zero attached hydrogens (tertiary/aromatic N) is 1. The van der Waals surface area contributed by atoms with E-state index in [4.69, 9.17) is 4.74 Å². The van der Waals surface area contributed by atoms with Gasteiger partial charge in [-0.25, -0.2) is 4.79 Å². The first-order chi connectivity index (χ1) is 11.2. The lowest BCUT2D eigenvalue weighted by atomic mass is 10.2. The maximum absolute atomic E-state index is 12.3. The van der Waals surface area contributed by atoms with Gasteiger partial charge in [0.1, 0.15) is 11.8 Å². The number of carbonyl (C=O) groups is 2. The Kier molecular flexibility index (Phi) is 4.69. The highest BCUT2D eigenvalue weighted by Gasteiger charge is 2.37. The molecule has 2 fully saturated rings. The molecule has 3 rings (SSSR count). The van der Waals surface area contributed by atoms with Crippen LogP contribution in [-0.2, 0) is 11.3 Å². The van der Waals surface area contributed by atoms with Crippen molar-refractivity contribution in [3.05, 3.63) is 29.8 Å². The maximum atomic E-state index is 12.3. The predicted octanol–water partition coefficient (Wildman–Crippen LogP) is 1.65. The van der Waals surface area contributed by atoms with Crippen LogP contribution in [0.25, 0.3) is 0 Å². The van der Waals surface area contributed by atoms with Crippen LogP contribution < -0.4 is 15.4 Å². The zero-order valence-corrected chi connectivity index (χ0v) is 13.4. The third kappa shape index (κ3) is 3.57. The summed E-state index contributed by atoms with van der Waals surface area (Å²) in [5.74, 6) is 0.625. The fourth-order valence-corrected chi connectivity index (χ4v) is 3.33. The van der Waals surface area contributed by atoms with E-state index in [1.54, 1.807) is 7.11 Å². The highest BCUT2D eigenvalue weighted by Crippen LogP contribution is 2.25. The van der Waals surface area contributed by atoms with Gasteiger partial charge >= 0.3 is 6.03 Å². The fourth-order valence-electron chi connectivity index (χ4n) is 3.33. The first-order valence-corrected chi connectivity index (χ1v) is 8.15. The summed E-state index contributed by atoms with van der Waals surface area (Å²) >= 11 is 0. The maximum Gasteiger partial charge on any atom is 0.318 e. The molecule has 1 aliphatic carbocycles. The van der Waals surface area contributed by atoms with Crippen LogP contribution in [0.15, 0.2) is 24.3 Å². The van der Waals surface area contributed by atoms with Gasteiger partial charge in [-0.05, 0) is 30.5 Å². The highest BCUT2D eigenvalue weighted by atomic mass is 16.5. The number of rotatable bonds is 5. The van der Waals surface area contributed by atoms with Gasteiger partial charge < -0.3 is 20.3 Å². The largest absolute Gasteiger partial charge is 0.497 e. The van der Waals surface area contributed by atoms with Crippen LogP contribution in [0.1, 0.15) is 31.2 Å². The number of benzene rings is 1. The summed E-state index contributed by atoms with van der Waals surface area (Å²) < 4.78 is 5.17. The van der Waals surface area contributed by atoms with Gasteiger partial charge in [-0.3, -0.25) is 4.79 Å². The van der Waals surface area contributed by atoms with Crippen molar-refractivity contribution in [3.8, 4) is 5.75 Å². The second kappa shape index (κ2) is 6.89. The molecule has 23 heavy (non-hydrogen) atoms. The molecule has 2 aliphatic rings. The molecule has 0 spiro atoms. The lowest BCUT2D eigenvalue weighted by Crippen LogP contribution is -2.42. The number of hydrogen-bond donors (Lipinski definition) is 2. The molecule has 124 valence electrons. The molecule has 0 bridgehead atoms. The van der Waals surface area contributed by atoms with Crippen molar-refractivity contribution in [2.45, 2.75) is 44.3 Å². The second-order valence-corrected chi connectivity index (χ2v) is 6.16. The van der Waals surface area contributed by atoms with E-state index in [2.05, 4.69) is 10.6 Å². The minimum absolute atomic E-state index is 0.113. The molecule has 1 saturated heterocycles. The standard InChI is InChI=1S/C17H23N3O3/c1-23-14-8-4-5-12(9-14)10-18-16(21)15-11-20(17(22)19-15)13-6-2-3-7-13/h4-5,8-9,13,15H,2-3,6-7,10-11H2,1H3,(H,18,21)(H,19,22). The first kappa shape index (κ1) is 15.6. The van der Waals surface area contributed by atoms with Gasteiger partial charge in [0.15, 0.2) is 0 Å². The predicted molar refractivity (Wildman–Crippen MR) is 86.1 cm³/mol. The zero-order chi connectivity index (χ0) is 16.2. The molecule has 1 aliphatic heterocycles. The van der Waals surface area contributed by atoms with Gasteiger partial charge in [0.2, 0.25) is 5.91 Å². The van der Waals surface area contributed by atoms with Crippen LogP contribution in [0.3, 0.4) is 0 Å². The van der Waals surface area contributed by atoms with E-state index in [1.807, 2.05) is 29.2 Å². The Labute approximate surface area is 136 Å².